The minimum absolute atomic E-state index is 0. The van der Waals surface area contributed by atoms with Crippen LogP contribution in [-0.4, -0.2) is 19.0 Å². The molecule has 0 aliphatic heterocycles. The van der Waals surface area contributed by atoms with Gasteiger partial charge in [0.05, 0.1) is 0 Å². The van der Waals surface area contributed by atoms with Gasteiger partial charge in [0.2, 0.25) is 0 Å². The van der Waals surface area contributed by atoms with Crippen LogP contribution in [0.25, 0.3) is 0 Å². The van der Waals surface area contributed by atoms with E-state index >= 15 is 0 Å². The van der Waals surface area contributed by atoms with Gasteiger partial charge < -0.3 is 15.8 Å². The van der Waals surface area contributed by atoms with Crippen LogP contribution in [0.15, 0.2) is 41.8 Å². The van der Waals surface area contributed by atoms with Gasteiger partial charge in [-0.1, -0.05) is 12.1 Å². The van der Waals surface area contributed by atoms with Crippen molar-refractivity contribution in [1.29, 1.82) is 0 Å². The van der Waals surface area contributed by atoms with Crippen LogP contribution in [-0.2, 0) is 6.61 Å². The Kier molecular flexibility index (Phi) is 7.82. The second-order valence-corrected chi connectivity index (χ2v) is 5.33. The molecule has 1 aromatic carbocycles. The summed E-state index contributed by atoms with van der Waals surface area (Å²) < 4.78 is 5.68. The molecule has 0 unspecified atom stereocenters. The number of carbonyl (C=O) groups excluding carboxylic acids is 1. The van der Waals surface area contributed by atoms with Crippen molar-refractivity contribution in [3.8, 4) is 5.75 Å². The number of carbonyl (C=O) groups is 1. The number of rotatable bonds is 7. The van der Waals surface area contributed by atoms with Crippen molar-refractivity contribution in [1.82, 2.24) is 5.32 Å². The van der Waals surface area contributed by atoms with Crippen LogP contribution in [0.1, 0.15) is 21.7 Å². The molecule has 0 fully saturated rings. The summed E-state index contributed by atoms with van der Waals surface area (Å²) in [5.41, 5.74) is 6.00. The molecule has 0 saturated heterocycles. The summed E-state index contributed by atoms with van der Waals surface area (Å²) in [5, 5.41) is 4.84. The summed E-state index contributed by atoms with van der Waals surface area (Å²) in [6.45, 7) is 1.69. The predicted octanol–water partition coefficient (Wildman–Crippen LogP) is 2.83. The number of hydrogen-bond acceptors (Lipinski definition) is 4. The molecule has 1 aromatic heterocycles. The molecule has 0 atom stereocenters. The van der Waals surface area contributed by atoms with E-state index in [2.05, 4.69) is 5.32 Å². The summed E-state index contributed by atoms with van der Waals surface area (Å²) in [6, 6.07) is 11.2. The maximum absolute atomic E-state index is 11.9. The Morgan fingerprint density at radius 1 is 1.29 bits per heavy atom. The van der Waals surface area contributed by atoms with E-state index in [0.29, 0.717) is 31.0 Å². The first kappa shape index (κ1) is 17.5. The van der Waals surface area contributed by atoms with Crippen molar-refractivity contribution in [3.05, 3.63) is 52.2 Å². The van der Waals surface area contributed by atoms with E-state index in [1.54, 1.807) is 23.5 Å². The second kappa shape index (κ2) is 9.39. The first-order valence-corrected chi connectivity index (χ1v) is 7.41. The first-order valence-electron chi connectivity index (χ1n) is 6.53. The Bertz CT molecular complexity index is 546. The molecule has 0 aliphatic carbocycles. The van der Waals surface area contributed by atoms with Gasteiger partial charge in [-0.25, -0.2) is 0 Å². The summed E-state index contributed by atoms with van der Waals surface area (Å²) in [5.74, 6) is 0.602. The van der Waals surface area contributed by atoms with Crippen LogP contribution in [0.5, 0.6) is 5.75 Å². The topological polar surface area (TPSA) is 64.3 Å². The maximum atomic E-state index is 11.9. The average molecular weight is 327 g/mol. The molecule has 2 rings (SSSR count). The molecule has 4 nitrogen and oxygen atoms in total. The minimum Gasteiger partial charge on any atom is -0.488 e. The molecular weight excluding hydrogens is 308 g/mol. The fourth-order valence-corrected chi connectivity index (χ4v) is 2.30. The van der Waals surface area contributed by atoms with Gasteiger partial charge in [0, 0.05) is 17.0 Å². The highest BCUT2D eigenvalue weighted by atomic mass is 35.5. The van der Waals surface area contributed by atoms with Crippen LogP contribution >= 0.6 is 23.7 Å². The van der Waals surface area contributed by atoms with Gasteiger partial charge in [-0.15, -0.1) is 23.7 Å². The number of halogens is 1. The Labute approximate surface area is 134 Å². The SMILES string of the molecule is Cl.NCCCNC(=O)c1cccc(OCc2cccs2)c1. The molecule has 0 radical (unpaired) electrons. The van der Waals surface area contributed by atoms with E-state index in [0.717, 1.165) is 11.3 Å². The predicted molar refractivity (Wildman–Crippen MR) is 88.3 cm³/mol. The maximum Gasteiger partial charge on any atom is 0.251 e. The van der Waals surface area contributed by atoms with E-state index < -0.39 is 0 Å². The third-order valence-electron chi connectivity index (χ3n) is 2.72. The van der Waals surface area contributed by atoms with Crippen molar-refractivity contribution in [2.24, 2.45) is 5.73 Å². The Morgan fingerprint density at radius 3 is 2.86 bits per heavy atom. The number of nitrogens with two attached hydrogens (primary N) is 1. The first-order chi connectivity index (χ1) is 9.79. The van der Waals surface area contributed by atoms with Gasteiger partial charge in [-0.3, -0.25) is 4.79 Å². The van der Waals surface area contributed by atoms with Gasteiger partial charge in [-0.05, 0) is 42.6 Å². The Morgan fingerprint density at radius 2 is 2.14 bits per heavy atom. The number of nitrogens with one attached hydrogen (secondary N) is 1. The Hall–Kier alpha value is -1.56. The second-order valence-electron chi connectivity index (χ2n) is 4.29. The average Bonchev–Trinajstić information content (AvgIpc) is 2.99. The normalized spacial score (nSPS) is 9.76. The van der Waals surface area contributed by atoms with Gasteiger partial charge in [0.25, 0.3) is 5.91 Å². The zero-order valence-electron chi connectivity index (χ0n) is 11.6. The molecule has 0 spiro atoms. The van der Waals surface area contributed by atoms with Gasteiger partial charge in [0.1, 0.15) is 12.4 Å². The molecule has 0 aliphatic rings. The van der Waals surface area contributed by atoms with Gasteiger partial charge in [-0.2, -0.15) is 0 Å². The molecule has 0 saturated carbocycles. The molecule has 1 heterocycles. The van der Waals surface area contributed by atoms with E-state index in [-0.39, 0.29) is 18.3 Å². The number of ether oxygens (including phenoxy) is 1. The third-order valence-corrected chi connectivity index (χ3v) is 3.57. The highest BCUT2D eigenvalue weighted by Crippen LogP contribution is 2.17. The van der Waals surface area contributed by atoms with E-state index in [4.69, 9.17) is 10.5 Å². The van der Waals surface area contributed by atoms with Crippen LogP contribution in [0, 0.1) is 0 Å². The summed E-state index contributed by atoms with van der Waals surface area (Å²) >= 11 is 1.65. The summed E-state index contributed by atoms with van der Waals surface area (Å²) in [4.78, 5) is 13.1. The number of thiophene rings is 1. The molecule has 114 valence electrons. The van der Waals surface area contributed by atoms with Gasteiger partial charge in [0.15, 0.2) is 0 Å². The van der Waals surface area contributed by atoms with Crippen molar-refractivity contribution < 1.29 is 9.53 Å². The molecular formula is C15H19ClN2O2S. The highest BCUT2D eigenvalue weighted by Gasteiger charge is 2.06. The Balaban J connectivity index is 0.00000220. The van der Waals surface area contributed by atoms with Crippen molar-refractivity contribution in [3.63, 3.8) is 0 Å². The molecule has 6 heteroatoms. The lowest BCUT2D eigenvalue weighted by atomic mass is 10.2. The van der Waals surface area contributed by atoms with Crippen LogP contribution in [0.2, 0.25) is 0 Å². The smallest absolute Gasteiger partial charge is 0.251 e. The van der Waals surface area contributed by atoms with Crippen LogP contribution in [0.4, 0.5) is 0 Å². The molecule has 21 heavy (non-hydrogen) atoms. The monoisotopic (exact) mass is 326 g/mol. The van der Waals surface area contributed by atoms with Crippen LogP contribution < -0.4 is 15.8 Å². The number of benzene rings is 1. The van der Waals surface area contributed by atoms with E-state index in [1.807, 2.05) is 29.6 Å². The quantitative estimate of drug-likeness (QED) is 0.769. The lowest BCUT2D eigenvalue weighted by molar-refractivity contribution is 0.0953. The van der Waals surface area contributed by atoms with Crippen molar-refractivity contribution >= 4 is 29.7 Å². The molecule has 0 bridgehead atoms. The van der Waals surface area contributed by atoms with E-state index in [9.17, 15) is 4.79 Å². The molecule has 1 amide bonds. The fraction of sp³-hybridized carbons (Fsp3) is 0.267. The third kappa shape index (κ3) is 5.75. The summed E-state index contributed by atoms with van der Waals surface area (Å²) in [7, 11) is 0. The highest BCUT2D eigenvalue weighted by molar-refractivity contribution is 7.09. The van der Waals surface area contributed by atoms with Crippen molar-refractivity contribution in [2.45, 2.75) is 13.0 Å². The van der Waals surface area contributed by atoms with Gasteiger partial charge >= 0.3 is 0 Å². The zero-order valence-corrected chi connectivity index (χ0v) is 13.2. The number of hydrogen-bond donors (Lipinski definition) is 2. The summed E-state index contributed by atoms with van der Waals surface area (Å²) in [6.07, 6.45) is 0.778. The lowest BCUT2D eigenvalue weighted by Crippen LogP contribution is -2.25. The molecule has 3 N–H and O–H groups in total. The van der Waals surface area contributed by atoms with Crippen molar-refractivity contribution in [2.75, 3.05) is 13.1 Å². The van der Waals surface area contributed by atoms with Crippen LogP contribution in [0.3, 0.4) is 0 Å². The van der Waals surface area contributed by atoms with E-state index in [1.165, 1.54) is 0 Å². The largest absolute Gasteiger partial charge is 0.488 e. The number of amides is 1. The lowest BCUT2D eigenvalue weighted by Gasteiger charge is -2.08. The minimum atomic E-state index is -0.0972. The molecule has 2 aromatic rings. The standard InChI is InChI=1S/C15H18N2O2S.ClH/c16-7-3-8-17-15(18)12-4-1-5-13(10-12)19-11-14-6-2-9-20-14;/h1-2,4-6,9-10H,3,7-8,11,16H2,(H,17,18);1H. The fourth-order valence-electron chi connectivity index (χ4n) is 1.68. The zero-order chi connectivity index (χ0) is 14.2.